The van der Waals surface area contributed by atoms with E-state index in [0.717, 1.165) is 35.4 Å². The zero-order chi connectivity index (χ0) is 13.3. The van der Waals surface area contributed by atoms with Crippen molar-refractivity contribution in [3.05, 3.63) is 59.1 Å². The average molecular weight is 321 g/mol. The predicted octanol–water partition coefficient (Wildman–Crippen LogP) is 4.69. The molecule has 0 aliphatic carbocycles. The third-order valence-electron chi connectivity index (χ3n) is 2.64. The Labute approximate surface area is 122 Å². The lowest BCUT2D eigenvalue weighted by atomic mass is 10.3. The number of hydrogen-bond acceptors (Lipinski definition) is 2. The first-order chi connectivity index (χ1) is 9.36. The van der Waals surface area contributed by atoms with Crippen LogP contribution in [0.3, 0.4) is 0 Å². The summed E-state index contributed by atoms with van der Waals surface area (Å²) in [5, 5.41) is 0. The molecule has 19 heavy (non-hydrogen) atoms. The molecule has 0 heterocycles. The fourth-order valence-electron chi connectivity index (χ4n) is 1.65. The van der Waals surface area contributed by atoms with Crippen LogP contribution in [0.25, 0.3) is 0 Å². The van der Waals surface area contributed by atoms with Crippen molar-refractivity contribution >= 4 is 15.9 Å². The molecule has 0 amide bonds. The standard InChI is InChI=1S/C16H17BrO2/c17-15-10-4-5-11-16(15)19-13-7-6-12-18-14-8-2-1-3-9-14/h1-5,8-11H,6-7,12-13H2. The molecule has 2 rings (SSSR count). The van der Waals surface area contributed by atoms with E-state index in [9.17, 15) is 0 Å². The first kappa shape index (κ1) is 13.9. The van der Waals surface area contributed by atoms with E-state index in [1.165, 1.54) is 0 Å². The van der Waals surface area contributed by atoms with E-state index in [2.05, 4.69) is 15.9 Å². The quantitative estimate of drug-likeness (QED) is 0.689. The minimum atomic E-state index is 0.709. The summed E-state index contributed by atoms with van der Waals surface area (Å²) in [5.41, 5.74) is 0. The molecular weight excluding hydrogens is 304 g/mol. The van der Waals surface area contributed by atoms with Crippen LogP contribution in [0.2, 0.25) is 0 Å². The normalized spacial score (nSPS) is 10.2. The summed E-state index contributed by atoms with van der Waals surface area (Å²) in [6.07, 6.45) is 1.97. The van der Waals surface area contributed by atoms with Crippen LogP contribution in [0.15, 0.2) is 59.1 Å². The van der Waals surface area contributed by atoms with E-state index in [-0.39, 0.29) is 0 Å². The number of benzene rings is 2. The van der Waals surface area contributed by atoms with Gasteiger partial charge in [-0.25, -0.2) is 0 Å². The number of rotatable bonds is 7. The van der Waals surface area contributed by atoms with Gasteiger partial charge in [0.15, 0.2) is 0 Å². The van der Waals surface area contributed by atoms with Gasteiger partial charge < -0.3 is 9.47 Å². The van der Waals surface area contributed by atoms with Gasteiger partial charge in [0.25, 0.3) is 0 Å². The topological polar surface area (TPSA) is 18.5 Å². The van der Waals surface area contributed by atoms with Gasteiger partial charge in [-0.05, 0) is 53.0 Å². The molecule has 0 saturated heterocycles. The zero-order valence-electron chi connectivity index (χ0n) is 10.7. The highest BCUT2D eigenvalue weighted by Crippen LogP contribution is 2.23. The molecule has 3 heteroatoms. The first-order valence-corrected chi connectivity index (χ1v) is 7.21. The monoisotopic (exact) mass is 320 g/mol. The Kier molecular flexibility index (Phi) is 5.76. The van der Waals surface area contributed by atoms with Crippen molar-refractivity contribution in [3.8, 4) is 11.5 Å². The number of unbranched alkanes of at least 4 members (excludes halogenated alkanes) is 1. The van der Waals surface area contributed by atoms with Crippen molar-refractivity contribution < 1.29 is 9.47 Å². The molecule has 0 spiro atoms. The molecule has 100 valence electrons. The van der Waals surface area contributed by atoms with Crippen LogP contribution >= 0.6 is 15.9 Å². The number of halogens is 1. The summed E-state index contributed by atoms with van der Waals surface area (Å²) >= 11 is 3.46. The summed E-state index contributed by atoms with van der Waals surface area (Å²) in [7, 11) is 0. The molecule has 2 aromatic carbocycles. The highest BCUT2D eigenvalue weighted by molar-refractivity contribution is 9.10. The second kappa shape index (κ2) is 7.85. The largest absolute Gasteiger partial charge is 0.494 e. The van der Waals surface area contributed by atoms with E-state index >= 15 is 0 Å². The Morgan fingerprint density at radius 1 is 0.737 bits per heavy atom. The highest BCUT2D eigenvalue weighted by Gasteiger charge is 1.98. The maximum Gasteiger partial charge on any atom is 0.133 e. The van der Waals surface area contributed by atoms with Gasteiger partial charge in [0.2, 0.25) is 0 Å². The van der Waals surface area contributed by atoms with Gasteiger partial charge in [0, 0.05) is 0 Å². The average Bonchev–Trinajstić information content (AvgIpc) is 2.45. The van der Waals surface area contributed by atoms with Gasteiger partial charge in [-0.2, -0.15) is 0 Å². The van der Waals surface area contributed by atoms with Crippen LogP contribution in [0.1, 0.15) is 12.8 Å². The second-order valence-corrected chi connectivity index (χ2v) is 5.00. The van der Waals surface area contributed by atoms with Crippen LogP contribution in [0.4, 0.5) is 0 Å². The van der Waals surface area contributed by atoms with Crippen LogP contribution < -0.4 is 9.47 Å². The maximum absolute atomic E-state index is 5.69. The van der Waals surface area contributed by atoms with Crippen LogP contribution in [-0.2, 0) is 0 Å². The Morgan fingerprint density at radius 3 is 2.11 bits per heavy atom. The zero-order valence-corrected chi connectivity index (χ0v) is 12.3. The van der Waals surface area contributed by atoms with E-state index < -0.39 is 0 Å². The summed E-state index contributed by atoms with van der Waals surface area (Å²) < 4.78 is 12.3. The molecule has 0 aliphatic rings. The Balaban J connectivity index is 1.59. The van der Waals surface area contributed by atoms with E-state index in [4.69, 9.17) is 9.47 Å². The minimum Gasteiger partial charge on any atom is -0.494 e. The molecule has 0 aromatic heterocycles. The summed E-state index contributed by atoms with van der Waals surface area (Å²) in [6.45, 7) is 1.43. The molecule has 0 saturated carbocycles. The number of ether oxygens (including phenoxy) is 2. The molecule has 0 aliphatic heterocycles. The third-order valence-corrected chi connectivity index (χ3v) is 3.30. The van der Waals surface area contributed by atoms with Gasteiger partial charge in [0.05, 0.1) is 17.7 Å². The summed E-state index contributed by atoms with van der Waals surface area (Å²) in [5.74, 6) is 1.82. The smallest absolute Gasteiger partial charge is 0.133 e. The van der Waals surface area contributed by atoms with Crippen LogP contribution in [0.5, 0.6) is 11.5 Å². The van der Waals surface area contributed by atoms with E-state index in [1.54, 1.807) is 0 Å². The maximum atomic E-state index is 5.69. The number of hydrogen-bond donors (Lipinski definition) is 0. The van der Waals surface area contributed by atoms with Gasteiger partial charge in [-0.1, -0.05) is 30.3 Å². The van der Waals surface area contributed by atoms with E-state index in [1.807, 2.05) is 54.6 Å². The lowest BCUT2D eigenvalue weighted by Crippen LogP contribution is -2.02. The highest BCUT2D eigenvalue weighted by atomic mass is 79.9. The summed E-state index contributed by atoms with van der Waals surface area (Å²) in [6, 6.07) is 17.8. The van der Waals surface area contributed by atoms with Gasteiger partial charge in [0.1, 0.15) is 11.5 Å². The van der Waals surface area contributed by atoms with Crippen molar-refractivity contribution in [2.45, 2.75) is 12.8 Å². The van der Waals surface area contributed by atoms with Crippen LogP contribution in [-0.4, -0.2) is 13.2 Å². The molecule has 0 unspecified atom stereocenters. The van der Waals surface area contributed by atoms with Crippen molar-refractivity contribution in [1.29, 1.82) is 0 Å². The van der Waals surface area contributed by atoms with Gasteiger partial charge in [-0.3, -0.25) is 0 Å². The second-order valence-electron chi connectivity index (χ2n) is 4.15. The van der Waals surface area contributed by atoms with Gasteiger partial charge in [-0.15, -0.1) is 0 Å². The Hall–Kier alpha value is -1.48. The molecule has 0 N–H and O–H groups in total. The molecule has 2 aromatic rings. The molecule has 0 bridgehead atoms. The van der Waals surface area contributed by atoms with Crippen molar-refractivity contribution in [1.82, 2.24) is 0 Å². The predicted molar refractivity (Wildman–Crippen MR) is 80.8 cm³/mol. The molecular formula is C16H17BrO2. The molecule has 0 atom stereocenters. The Morgan fingerprint density at radius 2 is 1.37 bits per heavy atom. The number of para-hydroxylation sites is 2. The fraction of sp³-hybridized carbons (Fsp3) is 0.250. The fourth-order valence-corrected chi connectivity index (χ4v) is 2.05. The SMILES string of the molecule is Brc1ccccc1OCCCCOc1ccccc1. The third kappa shape index (κ3) is 4.95. The van der Waals surface area contributed by atoms with Crippen molar-refractivity contribution in [2.24, 2.45) is 0 Å². The first-order valence-electron chi connectivity index (χ1n) is 6.41. The van der Waals surface area contributed by atoms with Crippen LogP contribution in [0, 0.1) is 0 Å². The lowest BCUT2D eigenvalue weighted by molar-refractivity contribution is 0.265. The summed E-state index contributed by atoms with van der Waals surface area (Å²) in [4.78, 5) is 0. The minimum absolute atomic E-state index is 0.709. The molecule has 0 fully saturated rings. The Bertz CT molecular complexity index is 485. The lowest BCUT2D eigenvalue weighted by Gasteiger charge is -2.08. The van der Waals surface area contributed by atoms with Gasteiger partial charge >= 0.3 is 0 Å². The molecule has 2 nitrogen and oxygen atoms in total. The van der Waals surface area contributed by atoms with E-state index in [0.29, 0.717) is 6.61 Å². The van der Waals surface area contributed by atoms with Crippen molar-refractivity contribution in [2.75, 3.05) is 13.2 Å². The molecule has 0 radical (unpaired) electrons. The van der Waals surface area contributed by atoms with Crippen molar-refractivity contribution in [3.63, 3.8) is 0 Å².